The fourth-order valence-electron chi connectivity index (χ4n) is 2.03. The zero-order chi connectivity index (χ0) is 16.4. The number of anilines is 2. The van der Waals surface area contributed by atoms with Gasteiger partial charge in [-0.25, -0.2) is 18.2 Å². The highest BCUT2D eigenvalue weighted by Crippen LogP contribution is 2.31. The second-order valence-electron chi connectivity index (χ2n) is 4.62. The molecule has 0 atom stereocenters. The Labute approximate surface area is 125 Å². The maximum atomic E-state index is 14.2. The molecule has 0 amide bonds. The van der Waals surface area contributed by atoms with Crippen LogP contribution in [0.3, 0.4) is 0 Å². The molecule has 3 N–H and O–H groups in total. The number of nitrogens with two attached hydrogens (primary N) is 1. The second-order valence-corrected chi connectivity index (χ2v) is 4.62. The van der Waals surface area contributed by atoms with Gasteiger partial charge in [0.1, 0.15) is 11.9 Å². The lowest BCUT2D eigenvalue weighted by Crippen LogP contribution is -2.06. The molecule has 0 radical (unpaired) electrons. The summed E-state index contributed by atoms with van der Waals surface area (Å²) in [6.07, 6.45) is 0. The molecule has 0 bridgehead atoms. The number of aromatic nitrogens is 1. The Morgan fingerprint density at radius 3 is 2.55 bits per heavy atom. The van der Waals surface area contributed by atoms with Crippen molar-refractivity contribution in [3.05, 3.63) is 40.8 Å². The van der Waals surface area contributed by atoms with Gasteiger partial charge in [-0.1, -0.05) is 0 Å². The average Bonchev–Trinajstić information content (AvgIpc) is 2.51. The molecule has 0 spiro atoms. The zero-order valence-corrected chi connectivity index (χ0v) is 12.0. The smallest absolute Gasteiger partial charge is 0.166 e. The molecule has 114 valence electrons. The normalized spacial score (nSPS) is 10.4. The Balaban J connectivity index is 2.73. The number of nitrogens with one attached hydrogen (secondary N) is 1. The van der Waals surface area contributed by atoms with Crippen molar-refractivity contribution in [1.82, 2.24) is 4.98 Å². The van der Waals surface area contributed by atoms with Crippen LogP contribution in [-0.4, -0.2) is 11.5 Å². The molecular formula is C15H13F3N4. The van der Waals surface area contributed by atoms with Gasteiger partial charge in [0.25, 0.3) is 0 Å². The Morgan fingerprint density at radius 1 is 1.27 bits per heavy atom. The number of nitrogens with zero attached hydrogens (tertiary/aromatic N) is 2. The molecule has 0 fully saturated rings. The molecule has 0 aliphatic rings. The Hall–Kier alpha value is -2.75. The van der Waals surface area contributed by atoms with Crippen molar-refractivity contribution in [2.75, 3.05) is 17.6 Å². The first kappa shape index (κ1) is 15.6. The number of halogens is 3. The monoisotopic (exact) mass is 306 g/mol. The van der Waals surface area contributed by atoms with E-state index in [0.29, 0.717) is 18.3 Å². The van der Waals surface area contributed by atoms with Gasteiger partial charge in [0.2, 0.25) is 0 Å². The van der Waals surface area contributed by atoms with Crippen LogP contribution in [0, 0.1) is 35.7 Å². The van der Waals surface area contributed by atoms with E-state index in [1.807, 2.05) is 6.92 Å². The minimum atomic E-state index is -1.25. The summed E-state index contributed by atoms with van der Waals surface area (Å²) in [6.45, 7) is 3.46. The van der Waals surface area contributed by atoms with Gasteiger partial charge >= 0.3 is 0 Å². The molecule has 0 aliphatic carbocycles. The van der Waals surface area contributed by atoms with Crippen molar-refractivity contribution in [3.8, 4) is 17.3 Å². The van der Waals surface area contributed by atoms with Gasteiger partial charge in [-0.2, -0.15) is 5.26 Å². The number of benzene rings is 1. The van der Waals surface area contributed by atoms with E-state index < -0.39 is 23.0 Å². The van der Waals surface area contributed by atoms with Gasteiger partial charge in [-0.3, -0.25) is 0 Å². The van der Waals surface area contributed by atoms with Crippen LogP contribution in [0.5, 0.6) is 0 Å². The van der Waals surface area contributed by atoms with Crippen molar-refractivity contribution < 1.29 is 13.2 Å². The van der Waals surface area contributed by atoms with Crippen molar-refractivity contribution >= 4 is 11.4 Å². The minimum Gasteiger partial charge on any atom is -0.395 e. The summed E-state index contributed by atoms with van der Waals surface area (Å²) in [5.74, 6) is -3.36. The van der Waals surface area contributed by atoms with E-state index in [-0.39, 0.29) is 22.6 Å². The number of rotatable bonds is 3. The van der Waals surface area contributed by atoms with E-state index in [1.54, 1.807) is 6.07 Å². The van der Waals surface area contributed by atoms with Crippen LogP contribution in [0.25, 0.3) is 11.3 Å². The molecule has 1 aromatic carbocycles. The summed E-state index contributed by atoms with van der Waals surface area (Å²) in [5.41, 5.74) is 5.48. The summed E-state index contributed by atoms with van der Waals surface area (Å²) in [5, 5.41) is 12.0. The predicted octanol–water partition coefficient (Wildman–Crippen LogP) is 3.36. The molecule has 4 nitrogen and oxygen atoms in total. The van der Waals surface area contributed by atoms with Gasteiger partial charge in [0, 0.05) is 17.7 Å². The highest BCUT2D eigenvalue weighted by Gasteiger charge is 2.19. The molecule has 2 aromatic rings. The van der Waals surface area contributed by atoms with Crippen LogP contribution in [0.4, 0.5) is 24.5 Å². The highest BCUT2D eigenvalue weighted by atomic mass is 19.2. The van der Waals surface area contributed by atoms with Crippen molar-refractivity contribution in [2.45, 2.75) is 13.8 Å². The first-order valence-electron chi connectivity index (χ1n) is 6.49. The number of hydrogen-bond donors (Lipinski definition) is 2. The fourth-order valence-corrected chi connectivity index (χ4v) is 2.03. The standard InChI is InChI=1S/C15H13F3N4/c1-3-21-11-5-10(22-12(6-19)15(11)20)8-4-9(16)14(18)7(2)13(8)17/h4-5H,3,20H2,1-2H3,(H,21,22). The van der Waals surface area contributed by atoms with E-state index in [0.717, 1.165) is 6.92 Å². The third-order valence-corrected chi connectivity index (χ3v) is 3.18. The molecule has 1 aromatic heterocycles. The SMILES string of the molecule is CCNc1cc(-c2cc(F)c(F)c(C)c2F)nc(C#N)c1N. The number of hydrogen-bond acceptors (Lipinski definition) is 4. The van der Waals surface area contributed by atoms with E-state index >= 15 is 0 Å². The van der Waals surface area contributed by atoms with Gasteiger partial charge < -0.3 is 11.1 Å². The average molecular weight is 306 g/mol. The highest BCUT2D eigenvalue weighted by molar-refractivity contribution is 5.77. The maximum Gasteiger partial charge on any atom is 0.166 e. The van der Waals surface area contributed by atoms with Crippen LogP contribution < -0.4 is 11.1 Å². The van der Waals surface area contributed by atoms with Crippen molar-refractivity contribution in [3.63, 3.8) is 0 Å². The molecule has 0 unspecified atom stereocenters. The first-order chi connectivity index (χ1) is 10.4. The lowest BCUT2D eigenvalue weighted by atomic mass is 10.0. The summed E-state index contributed by atoms with van der Waals surface area (Å²) in [4.78, 5) is 3.92. The summed E-state index contributed by atoms with van der Waals surface area (Å²) < 4.78 is 41.1. The third kappa shape index (κ3) is 2.55. The van der Waals surface area contributed by atoms with E-state index in [2.05, 4.69) is 10.3 Å². The third-order valence-electron chi connectivity index (χ3n) is 3.18. The molecule has 0 saturated carbocycles. The van der Waals surface area contributed by atoms with Crippen LogP contribution >= 0.6 is 0 Å². The van der Waals surface area contributed by atoms with Crippen LogP contribution in [0.15, 0.2) is 12.1 Å². The molecule has 0 saturated heterocycles. The quantitative estimate of drug-likeness (QED) is 0.853. The zero-order valence-electron chi connectivity index (χ0n) is 12.0. The fraction of sp³-hybridized carbons (Fsp3) is 0.200. The van der Waals surface area contributed by atoms with E-state index in [9.17, 15) is 13.2 Å². The molecule has 22 heavy (non-hydrogen) atoms. The molecule has 2 rings (SSSR count). The number of pyridine rings is 1. The summed E-state index contributed by atoms with van der Waals surface area (Å²) >= 11 is 0. The maximum absolute atomic E-state index is 14.2. The minimum absolute atomic E-state index is 0.00111. The number of nitrogen functional groups attached to an aromatic ring is 1. The molecule has 1 heterocycles. The first-order valence-corrected chi connectivity index (χ1v) is 6.49. The van der Waals surface area contributed by atoms with Gasteiger partial charge in [-0.15, -0.1) is 0 Å². The van der Waals surface area contributed by atoms with Crippen molar-refractivity contribution in [2.24, 2.45) is 0 Å². The molecule has 7 heteroatoms. The summed E-state index contributed by atoms with van der Waals surface area (Å²) in [6, 6.07) is 3.91. The summed E-state index contributed by atoms with van der Waals surface area (Å²) in [7, 11) is 0. The van der Waals surface area contributed by atoms with E-state index in [4.69, 9.17) is 11.0 Å². The molecule has 0 aliphatic heterocycles. The largest absolute Gasteiger partial charge is 0.395 e. The van der Waals surface area contributed by atoms with Gasteiger partial charge in [0.05, 0.1) is 17.1 Å². The van der Waals surface area contributed by atoms with Gasteiger partial charge in [0.15, 0.2) is 17.3 Å². The van der Waals surface area contributed by atoms with Crippen LogP contribution in [-0.2, 0) is 0 Å². The Bertz CT molecular complexity index is 782. The van der Waals surface area contributed by atoms with Crippen molar-refractivity contribution in [1.29, 1.82) is 5.26 Å². The lowest BCUT2D eigenvalue weighted by Gasteiger charge is -2.12. The Morgan fingerprint density at radius 2 is 1.95 bits per heavy atom. The molecular weight excluding hydrogens is 293 g/mol. The van der Waals surface area contributed by atoms with Gasteiger partial charge in [-0.05, 0) is 26.0 Å². The van der Waals surface area contributed by atoms with Crippen LogP contribution in [0.2, 0.25) is 0 Å². The predicted molar refractivity (Wildman–Crippen MR) is 77.6 cm³/mol. The lowest BCUT2D eigenvalue weighted by molar-refractivity contribution is 0.487. The second kappa shape index (κ2) is 5.93. The topological polar surface area (TPSA) is 74.7 Å². The Kier molecular flexibility index (Phi) is 4.22. The number of nitriles is 1. The van der Waals surface area contributed by atoms with Crippen LogP contribution in [0.1, 0.15) is 18.2 Å². The van der Waals surface area contributed by atoms with E-state index in [1.165, 1.54) is 6.07 Å².